The molecule has 0 fully saturated rings. The maximum absolute atomic E-state index is 6.03. The standard InChI is InChI=1S/C17H16N2/c1-13-6-8-14(9-7-13)12-19-11-10-16(18)15-4-2-3-5-17(15)19/h2-11,18H,12H2,1H3/p+1. The zero-order valence-electron chi connectivity index (χ0n) is 11.0. The minimum atomic E-state index is 0.829. The molecule has 0 unspecified atom stereocenters. The van der Waals surface area contributed by atoms with E-state index in [1.165, 1.54) is 16.6 Å². The number of hydrogen-bond acceptors (Lipinski definition) is 1. The highest BCUT2D eigenvalue weighted by Crippen LogP contribution is 2.17. The van der Waals surface area contributed by atoms with E-state index in [0.717, 1.165) is 17.6 Å². The van der Waals surface area contributed by atoms with Crippen LogP contribution in [-0.4, -0.2) is 0 Å². The van der Waals surface area contributed by atoms with Crippen molar-refractivity contribution in [3.63, 3.8) is 0 Å². The van der Waals surface area contributed by atoms with Gasteiger partial charge < -0.3 is 5.73 Å². The second kappa shape index (κ2) is 4.73. The quantitative estimate of drug-likeness (QED) is 0.695. The van der Waals surface area contributed by atoms with E-state index in [2.05, 4.69) is 54.1 Å². The van der Waals surface area contributed by atoms with Gasteiger partial charge in [-0.3, -0.25) is 0 Å². The van der Waals surface area contributed by atoms with E-state index >= 15 is 0 Å². The lowest BCUT2D eigenvalue weighted by Gasteiger charge is -2.04. The fraction of sp³-hybridized carbons (Fsp3) is 0.118. The Morgan fingerprint density at radius 2 is 1.68 bits per heavy atom. The first-order valence-corrected chi connectivity index (χ1v) is 6.46. The van der Waals surface area contributed by atoms with Crippen LogP contribution in [0.3, 0.4) is 0 Å². The highest BCUT2D eigenvalue weighted by molar-refractivity contribution is 5.87. The third kappa shape index (κ3) is 2.29. The number of nitrogens with zero attached hydrogens (tertiary/aromatic N) is 1. The monoisotopic (exact) mass is 249 g/mol. The smallest absolute Gasteiger partial charge is 0.214 e. The van der Waals surface area contributed by atoms with Crippen molar-refractivity contribution in [2.24, 2.45) is 0 Å². The maximum atomic E-state index is 6.03. The number of fused-ring (bicyclic) bond motifs is 1. The molecule has 0 bridgehead atoms. The van der Waals surface area contributed by atoms with Gasteiger partial charge in [0, 0.05) is 17.7 Å². The molecule has 3 aromatic rings. The average Bonchev–Trinajstić information content (AvgIpc) is 2.45. The Labute approximate surface area is 113 Å². The van der Waals surface area contributed by atoms with Gasteiger partial charge in [-0.25, -0.2) is 0 Å². The Morgan fingerprint density at radius 3 is 2.47 bits per heavy atom. The van der Waals surface area contributed by atoms with Crippen LogP contribution in [0.25, 0.3) is 10.9 Å². The first-order valence-electron chi connectivity index (χ1n) is 6.46. The molecule has 3 rings (SSSR count). The lowest BCUT2D eigenvalue weighted by atomic mass is 10.1. The predicted octanol–water partition coefficient (Wildman–Crippen LogP) is 3.07. The van der Waals surface area contributed by atoms with Crippen LogP contribution < -0.4 is 10.3 Å². The Hall–Kier alpha value is -2.35. The van der Waals surface area contributed by atoms with Gasteiger partial charge in [-0.15, -0.1) is 0 Å². The van der Waals surface area contributed by atoms with E-state index in [1.54, 1.807) is 0 Å². The van der Waals surface area contributed by atoms with E-state index < -0.39 is 0 Å². The number of aryl methyl sites for hydroxylation is 1. The third-order valence-corrected chi connectivity index (χ3v) is 3.43. The molecule has 2 heteroatoms. The van der Waals surface area contributed by atoms with Crippen LogP contribution in [0, 0.1) is 6.92 Å². The van der Waals surface area contributed by atoms with Gasteiger partial charge in [-0.1, -0.05) is 42.0 Å². The summed E-state index contributed by atoms with van der Waals surface area (Å²) in [5, 5.41) is 1.11. The molecule has 0 aliphatic rings. The number of anilines is 1. The summed E-state index contributed by atoms with van der Waals surface area (Å²) in [5.74, 6) is 0. The summed E-state index contributed by atoms with van der Waals surface area (Å²) in [6.07, 6.45) is 2.05. The van der Waals surface area contributed by atoms with Crippen molar-refractivity contribution in [1.29, 1.82) is 0 Å². The topological polar surface area (TPSA) is 29.9 Å². The number of aromatic nitrogens is 1. The Kier molecular flexibility index (Phi) is 2.92. The van der Waals surface area contributed by atoms with E-state index in [4.69, 9.17) is 5.73 Å². The summed E-state index contributed by atoms with van der Waals surface area (Å²) in [7, 11) is 0. The molecule has 0 spiro atoms. The molecule has 0 aliphatic carbocycles. The van der Waals surface area contributed by atoms with Crippen molar-refractivity contribution in [2.45, 2.75) is 13.5 Å². The molecule has 2 N–H and O–H groups in total. The summed E-state index contributed by atoms with van der Waals surface area (Å²) in [6, 6.07) is 18.9. The lowest BCUT2D eigenvalue weighted by Crippen LogP contribution is -2.34. The third-order valence-electron chi connectivity index (χ3n) is 3.43. The highest BCUT2D eigenvalue weighted by atomic mass is 14.9. The fourth-order valence-corrected chi connectivity index (χ4v) is 2.34. The maximum Gasteiger partial charge on any atom is 0.214 e. The molecule has 0 amide bonds. The van der Waals surface area contributed by atoms with Crippen LogP contribution in [0.15, 0.2) is 60.8 Å². The molecule has 0 saturated heterocycles. The molecule has 94 valence electrons. The summed E-state index contributed by atoms with van der Waals surface area (Å²) in [4.78, 5) is 0. The minimum Gasteiger partial charge on any atom is -0.398 e. The van der Waals surface area contributed by atoms with E-state index in [9.17, 15) is 0 Å². The zero-order chi connectivity index (χ0) is 13.2. The van der Waals surface area contributed by atoms with Crippen LogP contribution in [0.5, 0.6) is 0 Å². The van der Waals surface area contributed by atoms with Gasteiger partial charge in [-0.2, -0.15) is 4.57 Å². The Morgan fingerprint density at radius 1 is 0.947 bits per heavy atom. The number of benzene rings is 2. The van der Waals surface area contributed by atoms with Crippen molar-refractivity contribution >= 4 is 16.6 Å². The van der Waals surface area contributed by atoms with Gasteiger partial charge in [0.2, 0.25) is 5.52 Å². The number of para-hydroxylation sites is 1. The number of rotatable bonds is 2. The van der Waals surface area contributed by atoms with Gasteiger partial charge in [0.1, 0.15) is 0 Å². The van der Waals surface area contributed by atoms with Crippen molar-refractivity contribution in [3.05, 3.63) is 71.9 Å². The molecular formula is C17H17N2+. The molecule has 0 saturated carbocycles. The number of nitrogens with two attached hydrogens (primary N) is 1. The molecule has 0 atom stereocenters. The molecule has 0 aliphatic heterocycles. The first kappa shape index (κ1) is 11.7. The SMILES string of the molecule is Cc1ccc(C[n+]2ccc(N)c3ccccc32)cc1. The summed E-state index contributed by atoms with van der Waals surface area (Å²) < 4.78 is 2.23. The van der Waals surface area contributed by atoms with Crippen molar-refractivity contribution < 1.29 is 4.57 Å². The van der Waals surface area contributed by atoms with Crippen molar-refractivity contribution in [2.75, 3.05) is 5.73 Å². The molecule has 1 heterocycles. The predicted molar refractivity (Wildman–Crippen MR) is 78.8 cm³/mol. The minimum absolute atomic E-state index is 0.829. The van der Waals surface area contributed by atoms with Crippen LogP contribution in [0.2, 0.25) is 0 Å². The second-order valence-electron chi connectivity index (χ2n) is 4.90. The van der Waals surface area contributed by atoms with E-state index in [0.29, 0.717) is 0 Å². The summed E-state index contributed by atoms with van der Waals surface area (Å²) >= 11 is 0. The molecule has 19 heavy (non-hydrogen) atoms. The van der Waals surface area contributed by atoms with E-state index in [1.807, 2.05) is 18.2 Å². The highest BCUT2D eigenvalue weighted by Gasteiger charge is 2.10. The van der Waals surface area contributed by atoms with Gasteiger partial charge >= 0.3 is 0 Å². The second-order valence-corrected chi connectivity index (χ2v) is 4.90. The van der Waals surface area contributed by atoms with Gasteiger partial charge in [-0.05, 0) is 13.0 Å². The van der Waals surface area contributed by atoms with Gasteiger partial charge in [0.05, 0.1) is 11.1 Å². The van der Waals surface area contributed by atoms with Crippen LogP contribution >= 0.6 is 0 Å². The Bertz CT molecular complexity index is 715. The molecule has 1 aromatic heterocycles. The largest absolute Gasteiger partial charge is 0.398 e. The van der Waals surface area contributed by atoms with Crippen molar-refractivity contribution in [1.82, 2.24) is 0 Å². The summed E-state index contributed by atoms with van der Waals surface area (Å²) in [6.45, 7) is 2.97. The molecule has 2 aromatic carbocycles. The van der Waals surface area contributed by atoms with Crippen LogP contribution in [0.1, 0.15) is 11.1 Å². The fourth-order valence-electron chi connectivity index (χ4n) is 2.34. The van der Waals surface area contributed by atoms with E-state index in [-0.39, 0.29) is 0 Å². The molecule has 2 nitrogen and oxygen atoms in total. The number of nitrogen functional groups attached to an aromatic ring is 1. The van der Waals surface area contributed by atoms with Gasteiger partial charge in [0.25, 0.3) is 0 Å². The average molecular weight is 249 g/mol. The number of pyridine rings is 1. The van der Waals surface area contributed by atoms with Gasteiger partial charge in [0.15, 0.2) is 12.7 Å². The zero-order valence-corrected chi connectivity index (χ0v) is 11.0. The molecule has 0 radical (unpaired) electrons. The normalized spacial score (nSPS) is 10.8. The van der Waals surface area contributed by atoms with Crippen molar-refractivity contribution in [3.8, 4) is 0 Å². The summed E-state index contributed by atoms with van der Waals surface area (Å²) in [5.41, 5.74) is 10.6. The number of hydrogen-bond donors (Lipinski definition) is 1. The van der Waals surface area contributed by atoms with Crippen LogP contribution in [0.4, 0.5) is 5.69 Å². The lowest BCUT2D eigenvalue weighted by molar-refractivity contribution is -0.662. The van der Waals surface area contributed by atoms with Crippen LogP contribution in [-0.2, 0) is 6.54 Å². The first-order chi connectivity index (χ1) is 9.24. The molecular weight excluding hydrogens is 232 g/mol. The Balaban J connectivity index is 2.06.